The van der Waals surface area contributed by atoms with E-state index in [2.05, 4.69) is 4.98 Å². The summed E-state index contributed by atoms with van der Waals surface area (Å²) in [5.41, 5.74) is 3.03. The molecule has 3 nitrogen and oxygen atoms in total. The van der Waals surface area contributed by atoms with Gasteiger partial charge in [0.1, 0.15) is 5.76 Å². The van der Waals surface area contributed by atoms with E-state index in [4.69, 9.17) is 0 Å². The average Bonchev–Trinajstić information content (AvgIpc) is 2.79. The molecule has 0 amide bonds. The highest BCUT2D eigenvalue weighted by Crippen LogP contribution is 2.38. The number of aliphatic hydroxyl groups excluding tert-OH is 1. The molecular formula is C18H11NO2. The van der Waals surface area contributed by atoms with E-state index < -0.39 is 0 Å². The fourth-order valence-corrected chi connectivity index (χ4v) is 2.83. The van der Waals surface area contributed by atoms with Crippen molar-refractivity contribution in [2.75, 3.05) is 0 Å². The van der Waals surface area contributed by atoms with Crippen LogP contribution in [0, 0.1) is 0 Å². The van der Waals surface area contributed by atoms with Crippen molar-refractivity contribution >= 4 is 28.0 Å². The molecule has 0 aliphatic heterocycles. The fourth-order valence-electron chi connectivity index (χ4n) is 2.83. The predicted octanol–water partition coefficient (Wildman–Crippen LogP) is 3.86. The van der Waals surface area contributed by atoms with Crippen molar-refractivity contribution in [3.05, 3.63) is 77.5 Å². The lowest BCUT2D eigenvalue weighted by Gasteiger charge is -2.06. The van der Waals surface area contributed by atoms with Gasteiger partial charge in [-0.3, -0.25) is 9.78 Å². The number of nitrogens with zero attached hydrogens (tertiary/aromatic N) is 1. The summed E-state index contributed by atoms with van der Waals surface area (Å²) in [5, 5.41) is 11.3. The number of allylic oxidation sites excluding steroid dienone is 1. The number of carbonyl (C=O) groups is 1. The van der Waals surface area contributed by atoms with Gasteiger partial charge in [0.15, 0.2) is 5.78 Å². The van der Waals surface area contributed by atoms with Crippen LogP contribution in [0.15, 0.2) is 60.8 Å². The van der Waals surface area contributed by atoms with E-state index in [-0.39, 0.29) is 11.5 Å². The number of aliphatic hydroxyl groups is 1. The molecule has 0 unspecified atom stereocenters. The van der Waals surface area contributed by atoms with E-state index in [9.17, 15) is 9.90 Å². The Balaban J connectivity index is 2.03. The molecule has 0 atom stereocenters. The van der Waals surface area contributed by atoms with Gasteiger partial charge in [0, 0.05) is 28.3 Å². The minimum Gasteiger partial charge on any atom is -0.507 e. The first kappa shape index (κ1) is 11.9. The third-order valence-electron chi connectivity index (χ3n) is 3.81. The van der Waals surface area contributed by atoms with Gasteiger partial charge in [-0.2, -0.15) is 0 Å². The van der Waals surface area contributed by atoms with Crippen LogP contribution in [0.5, 0.6) is 0 Å². The van der Waals surface area contributed by atoms with Crippen LogP contribution in [0.25, 0.3) is 22.2 Å². The van der Waals surface area contributed by atoms with Gasteiger partial charge in [-0.25, -0.2) is 0 Å². The summed E-state index contributed by atoms with van der Waals surface area (Å²) < 4.78 is 0. The van der Waals surface area contributed by atoms with Crippen LogP contribution in [0.4, 0.5) is 0 Å². The number of ketones is 1. The number of para-hydroxylation sites is 1. The first-order valence-corrected chi connectivity index (χ1v) is 6.69. The van der Waals surface area contributed by atoms with Gasteiger partial charge in [0.25, 0.3) is 0 Å². The molecule has 3 heteroatoms. The molecular weight excluding hydrogens is 262 g/mol. The number of hydrogen-bond acceptors (Lipinski definition) is 3. The van der Waals surface area contributed by atoms with Gasteiger partial charge in [0.05, 0.1) is 11.1 Å². The lowest BCUT2D eigenvalue weighted by molar-refractivity contribution is 0.105. The normalized spacial score (nSPS) is 13.8. The van der Waals surface area contributed by atoms with Crippen molar-refractivity contribution in [1.29, 1.82) is 0 Å². The monoisotopic (exact) mass is 273 g/mol. The third-order valence-corrected chi connectivity index (χ3v) is 3.81. The van der Waals surface area contributed by atoms with Crippen molar-refractivity contribution < 1.29 is 9.90 Å². The van der Waals surface area contributed by atoms with Crippen LogP contribution in [-0.2, 0) is 0 Å². The van der Waals surface area contributed by atoms with Crippen molar-refractivity contribution in [2.45, 2.75) is 0 Å². The van der Waals surface area contributed by atoms with Crippen LogP contribution in [0.1, 0.15) is 21.5 Å². The minimum absolute atomic E-state index is 0.0481. The second-order valence-corrected chi connectivity index (χ2v) is 4.97. The van der Waals surface area contributed by atoms with E-state index in [1.54, 1.807) is 30.5 Å². The molecule has 1 N–H and O–H groups in total. The topological polar surface area (TPSA) is 50.2 Å². The van der Waals surface area contributed by atoms with Gasteiger partial charge in [-0.15, -0.1) is 0 Å². The Bertz CT molecular complexity index is 920. The number of Topliss-reactive ketones (excluding diaryl/α,β-unsaturated/α-hetero) is 1. The maximum absolute atomic E-state index is 12.6. The standard InChI is InChI=1S/C18H11NO2/c20-17-13-6-1-2-7-14(13)18(21)16(17)12-9-10-19-15-8-4-3-5-11(12)15/h1-10,20H. The maximum Gasteiger partial charge on any atom is 0.198 e. The second-order valence-electron chi connectivity index (χ2n) is 4.97. The average molecular weight is 273 g/mol. The SMILES string of the molecule is O=C1C(c2ccnc3ccccc23)=C(O)c2ccccc21. The van der Waals surface area contributed by atoms with Crippen LogP contribution < -0.4 is 0 Å². The molecule has 3 aromatic rings. The van der Waals surface area contributed by atoms with Gasteiger partial charge in [-0.05, 0) is 12.1 Å². The van der Waals surface area contributed by atoms with E-state index in [1.165, 1.54) is 0 Å². The summed E-state index contributed by atoms with van der Waals surface area (Å²) in [6, 6.07) is 16.5. The summed E-state index contributed by atoms with van der Waals surface area (Å²) >= 11 is 0. The number of pyridine rings is 1. The largest absolute Gasteiger partial charge is 0.507 e. The Labute approximate surface area is 121 Å². The number of aromatic nitrogens is 1. The minimum atomic E-state index is -0.139. The molecule has 0 spiro atoms. The molecule has 1 aliphatic rings. The van der Waals surface area contributed by atoms with Crippen molar-refractivity contribution in [3.63, 3.8) is 0 Å². The van der Waals surface area contributed by atoms with Crippen molar-refractivity contribution in [2.24, 2.45) is 0 Å². The molecule has 0 bridgehead atoms. The van der Waals surface area contributed by atoms with Crippen molar-refractivity contribution in [1.82, 2.24) is 4.98 Å². The van der Waals surface area contributed by atoms with Crippen LogP contribution in [0.2, 0.25) is 0 Å². The lowest BCUT2D eigenvalue weighted by Crippen LogP contribution is -1.99. The van der Waals surface area contributed by atoms with Crippen LogP contribution in [0.3, 0.4) is 0 Å². The van der Waals surface area contributed by atoms with Gasteiger partial charge in [0.2, 0.25) is 0 Å². The Kier molecular flexibility index (Phi) is 2.42. The molecule has 21 heavy (non-hydrogen) atoms. The zero-order valence-corrected chi connectivity index (χ0v) is 11.1. The molecule has 2 aromatic carbocycles. The Morgan fingerprint density at radius 1 is 0.810 bits per heavy atom. The summed E-state index contributed by atoms with van der Waals surface area (Å²) in [6.45, 7) is 0. The summed E-state index contributed by atoms with van der Waals surface area (Å²) in [6.07, 6.45) is 1.66. The van der Waals surface area contributed by atoms with E-state index in [1.807, 2.05) is 30.3 Å². The Morgan fingerprint density at radius 3 is 2.33 bits per heavy atom. The van der Waals surface area contributed by atoms with Crippen LogP contribution in [-0.4, -0.2) is 15.9 Å². The molecule has 100 valence electrons. The third kappa shape index (κ3) is 1.61. The highest BCUT2D eigenvalue weighted by molar-refractivity contribution is 6.40. The molecule has 0 fully saturated rings. The first-order chi connectivity index (χ1) is 10.3. The van der Waals surface area contributed by atoms with Gasteiger partial charge in [-0.1, -0.05) is 42.5 Å². The molecule has 0 saturated heterocycles. The van der Waals surface area contributed by atoms with Gasteiger partial charge >= 0.3 is 0 Å². The number of hydrogen-bond donors (Lipinski definition) is 1. The highest BCUT2D eigenvalue weighted by atomic mass is 16.3. The Morgan fingerprint density at radius 2 is 1.52 bits per heavy atom. The number of carbonyl (C=O) groups excluding carboxylic acids is 1. The molecule has 0 saturated carbocycles. The maximum atomic E-state index is 12.6. The number of fused-ring (bicyclic) bond motifs is 2. The molecule has 1 heterocycles. The zero-order chi connectivity index (χ0) is 14.4. The summed E-state index contributed by atoms with van der Waals surface area (Å²) in [5.74, 6) is -0.0913. The quantitative estimate of drug-likeness (QED) is 0.732. The van der Waals surface area contributed by atoms with Crippen molar-refractivity contribution in [3.8, 4) is 0 Å². The van der Waals surface area contributed by atoms with E-state index in [0.717, 1.165) is 16.5 Å². The molecule has 0 radical (unpaired) electrons. The molecule has 1 aliphatic carbocycles. The van der Waals surface area contributed by atoms with E-state index in [0.29, 0.717) is 16.7 Å². The molecule has 4 rings (SSSR count). The summed E-state index contributed by atoms with van der Waals surface area (Å²) in [7, 11) is 0. The smallest absolute Gasteiger partial charge is 0.198 e. The predicted molar refractivity (Wildman–Crippen MR) is 82.0 cm³/mol. The second kappa shape index (κ2) is 4.28. The van der Waals surface area contributed by atoms with E-state index >= 15 is 0 Å². The number of rotatable bonds is 1. The lowest BCUT2D eigenvalue weighted by atomic mass is 9.98. The highest BCUT2D eigenvalue weighted by Gasteiger charge is 2.31. The van der Waals surface area contributed by atoms with Gasteiger partial charge < -0.3 is 5.11 Å². The molecule has 1 aromatic heterocycles. The summed E-state index contributed by atoms with van der Waals surface area (Å²) in [4.78, 5) is 16.9. The fraction of sp³-hybridized carbons (Fsp3) is 0. The Hall–Kier alpha value is -2.94. The zero-order valence-electron chi connectivity index (χ0n) is 11.1. The van der Waals surface area contributed by atoms with Crippen LogP contribution >= 0.6 is 0 Å². The number of benzene rings is 2. The first-order valence-electron chi connectivity index (χ1n) is 6.69.